The van der Waals surface area contributed by atoms with Gasteiger partial charge < -0.3 is 15.2 Å². The molecule has 0 aliphatic carbocycles. The predicted octanol–water partition coefficient (Wildman–Crippen LogP) is 1.43. The molecule has 0 saturated heterocycles. The second kappa shape index (κ2) is 7.45. The van der Waals surface area contributed by atoms with Gasteiger partial charge in [-0.3, -0.25) is 4.79 Å². The Morgan fingerprint density at radius 2 is 2.06 bits per heavy atom. The zero-order valence-corrected chi connectivity index (χ0v) is 10.3. The van der Waals surface area contributed by atoms with Crippen molar-refractivity contribution in [1.29, 1.82) is 0 Å². The average Bonchev–Trinajstić information content (AvgIpc) is 2.37. The molecule has 1 aromatic carbocycles. The summed E-state index contributed by atoms with van der Waals surface area (Å²) in [5, 5.41) is 11.9. The zero-order chi connectivity index (χ0) is 13.4. The van der Waals surface area contributed by atoms with Crippen LogP contribution in [0.5, 0.6) is 0 Å². The Bertz CT molecular complexity index is 417. The summed E-state index contributed by atoms with van der Waals surface area (Å²) in [6.07, 6.45) is 1.03. The summed E-state index contributed by atoms with van der Waals surface area (Å²) < 4.78 is 5.04. The minimum atomic E-state index is -1.02. The van der Waals surface area contributed by atoms with Gasteiger partial charge in [0.25, 0.3) is 0 Å². The molecular weight excluding hydrogens is 234 g/mol. The molecule has 0 fully saturated rings. The molecule has 1 aromatic rings. The molecule has 0 spiro atoms. The van der Waals surface area contributed by atoms with Gasteiger partial charge in [-0.2, -0.15) is 0 Å². The summed E-state index contributed by atoms with van der Waals surface area (Å²) in [4.78, 5) is 22.3. The first-order chi connectivity index (χ1) is 8.65. The smallest absolute Gasteiger partial charge is 0.336 e. The van der Waals surface area contributed by atoms with Crippen LogP contribution in [-0.2, 0) is 16.1 Å². The van der Waals surface area contributed by atoms with E-state index >= 15 is 0 Å². The van der Waals surface area contributed by atoms with Gasteiger partial charge in [-0.25, -0.2) is 4.79 Å². The summed E-state index contributed by atoms with van der Waals surface area (Å²) in [7, 11) is 1.81. The van der Waals surface area contributed by atoms with Crippen molar-refractivity contribution in [2.24, 2.45) is 0 Å². The van der Waals surface area contributed by atoms with Crippen LogP contribution in [0.1, 0.15) is 28.8 Å². The van der Waals surface area contributed by atoms with Crippen molar-refractivity contribution in [3.05, 3.63) is 35.4 Å². The monoisotopic (exact) mass is 251 g/mol. The summed E-state index contributed by atoms with van der Waals surface area (Å²) in [6.45, 7) is 0.752. The number of carbonyl (C=O) groups excluding carboxylic acids is 1. The lowest BCUT2D eigenvalue weighted by Gasteiger charge is -2.07. The second-order valence-electron chi connectivity index (χ2n) is 3.83. The second-order valence-corrected chi connectivity index (χ2v) is 3.83. The Morgan fingerprint density at radius 3 is 2.72 bits per heavy atom. The van der Waals surface area contributed by atoms with Crippen LogP contribution in [0, 0.1) is 0 Å². The topological polar surface area (TPSA) is 75.6 Å². The maximum Gasteiger partial charge on any atom is 0.336 e. The fraction of sp³-hybridized carbons (Fsp3) is 0.385. The number of nitrogens with one attached hydrogen (secondary N) is 1. The van der Waals surface area contributed by atoms with Gasteiger partial charge in [-0.05, 0) is 26.1 Å². The van der Waals surface area contributed by atoms with Gasteiger partial charge >= 0.3 is 11.9 Å². The van der Waals surface area contributed by atoms with E-state index in [0.29, 0.717) is 18.4 Å². The Kier molecular flexibility index (Phi) is 5.87. The van der Waals surface area contributed by atoms with E-state index in [0.717, 1.165) is 6.54 Å². The van der Waals surface area contributed by atoms with Crippen molar-refractivity contribution in [2.45, 2.75) is 19.4 Å². The number of carboxylic acid groups (broad SMARTS) is 1. The van der Waals surface area contributed by atoms with Gasteiger partial charge in [-0.1, -0.05) is 18.2 Å². The number of carbonyl (C=O) groups is 2. The minimum Gasteiger partial charge on any atom is -0.478 e. The van der Waals surface area contributed by atoms with E-state index in [2.05, 4.69) is 5.32 Å². The average molecular weight is 251 g/mol. The van der Waals surface area contributed by atoms with Crippen LogP contribution < -0.4 is 5.32 Å². The molecule has 5 nitrogen and oxygen atoms in total. The molecule has 1 rings (SSSR count). The number of esters is 1. The normalized spacial score (nSPS) is 10.1. The quantitative estimate of drug-likeness (QED) is 0.566. The number of carboxylic acids is 1. The van der Waals surface area contributed by atoms with Crippen LogP contribution in [0.25, 0.3) is 0 Å². The lowest BCUT2D eigenvalue weighted by Crippen LogP contribution is -2.12. The fourth-order valence-corrected chi connectivity index (χ4v) is 1.49. The summed E-state index contributed by atoms with van der Waals surface area (Å²) in [6, 6.07) is 6.50. The molecule has 0 aromatic heterocycles. The van der Waals surface area contributed by atoms with E-state index in [9.17, 15) is 9.59 Å². The van der Waals surface area contributed by atoms with Crippen LogP contribution >= 0.6 is 0 Å². The number of ether oxygens (including phenoxy) is 1. The highest BCUT2D eigenvalue weighted by atomic mass is 16.5. The third-order valence-electron chi connectivity index (χ3n) is 2.44. The van der Waals surface area contributed by atoms with Crippen LogP contribution in [0.4, 0.5) is 0 Å². The third kappa shape index (κ3) is 4.55. The van der Waals surface area contributed by atoms with Crippen molar-refractivity contribution in [3.63, 3.8) is 0 Å². The van der Waals surface area contributed by atoms with E-state index in [1.54, 1.807) is 18.2 Å². The Hall–Kier alpha value is -1.88. The highest BCUT2D eigenvalue weighted by Gasteiger charge is 2.10. The molecule has 0 unspecified atom stereocenters. The van der Waals surface area contributed by atoms with Gasteiger partial charge in [-0.15, -0.1) is 0 Å². The van der Waals surface area contributed by atoms with Gasteiger partial charge in [0.1, 0.15) is 6.61 Å². The molecule has 98 valence electrons. The molecule has 0 amide bonds. The lowest BCUT2D eigenvalue weighted by molar-refractivity contribution is -0.145. The van der Waals surface area contributed by atoms with Gasteiger partial charge in [0, 0.05) is 12.0 Å². The predicted molar refractivity (Wildman–Crippen MR) is 66.4 cm³/mol. The van der Waals surface area contributed by atoms with Gasteiger partial charge in [0.05, 0.1) is 5.56 Å². The van der Waals surface area contributed by atoms with Gasteiger partial charge in [0.15, 0.2) is 0 Å². The van der Waals surface area contributed by atoms with Crippen molar-refractivity contribution >= 4 is 11.9 Å². The summed E-state index contributed by atoms with van der Waals surface area (Å²) in [5.41, 5.74) is 0.674. The molecule has 0 saturated carbocycles. The molecule has 18 heavy (non-hydrogen) atoms. The first-order valence-electron chi connectivity index (χ1n) is 5.76. The standard InChI is InChI=1S/C13H17NO4/c1-14-8-4-7-12(15)18-9-10-5-2-3-6-11(10)13(16)17/h2-3,5-6,14H,4,7-9H2,1H3,(H,16,17). The number of hydrogen-bond acceptors (Lipinski definition) is 4. The molecule has 0 radical (unpaired) electrons. The van der Waals surface area contributed by atoms with Crippen LogP contribution in [0.2, 0.25) is 0 Å². The highest BCUT2D eigenvalue weighted by molar-refractivity contribution is 5.89. The Morgan fingerprint density at radius 1 is 1.33 bits per heavy atom. The van der Waals surface area contributed by atoms with Crippen molar-refractivity contribution in [1.82, 2.24) is 5.32 Å². The minimum absolute atomic E-state index is 0.000853. The van der Waals surface area contributed by atoms with E-state index < -0.39 is 5.97 Å². The molecular formula is C13H17NO4. The summed E-state index contributed by atoms with van der Waals surface area (Å²) >= 11 is 0. The maximum absolute atomic E-state index is 11.4. The van der Waals surface area contributed by atoms with E-state index in [4.69, 9.17) is 9.84 Å². The first kappa shape index (κ1) is 14.2. The molecule has 0 bridgehead atoms. The Labute approximate surface area is 106 Å². The molecule has 0 atom stereocenters. The summed E-state index contributed by atoms with van der Waals surface area (Å²) in [5.74, 6) is -1.33. The van der Waals surface area contributed by atoms with Crippen molar-refractivity contribution in [2.75, 3.05) is 13.6 Å². The molecule has 0 aliphatic heterocycles. The third-order valence-corrected chi connectivity index (χ3v) is 2.44. The van der Waals surface area contributed by atoms with E-state index in [1.165, 1.54) is 6.07 Å². The van der Waals surface area contributed by atoms with Crippen molar-refractivity contribution < 1.29 is 19.4 Å². The number of rotatable bonds is 7. The van der Waals surface area contributed by atoms with E-state index in [1.807, 2.05) is 7.05 Å². The van der Waals surface area contributed by atoms with Crippen LogP contribution in [-0.4, -0.2) is 30.6 Å². The van der Waals surface area contributed by atoms with E-state index in [-0.39, 0.29) is 18.1 Å². The van der Waals surface area contributed by atoms with Gasteiger partial charge in [0.2, 0.25) is 0 Å². The lowest BCUT2D eigenvalue weighted by atomic mass is 10.1. The highest BCUT2D eigenvalue weighted by Crippen LogP contribution is 2.10. The number of hydrogen-bond donors (Lipinski definition) is 2. The first-order valence-corrected chi connectivity index (χ1v) is 5.76. The molecule has 2 N–H and O–H groups in total. The molecule has 0 heterocycles. The zero-order valence-electron chi connectivity index (χ0n) is 10.3. The Balaban J connectivity index is 2.48. The van der Waals surface area contributed by atoms with Crippen molar-refractivity contribution in [3.8, 4) is 0 Å². The fourth-order valence-electron chi connectivity index (χ4n) is 1.49. The number of aromatic carboxylic acids is 1. The maximum atomic E-state index is 11.4. The SMILES string of the molecule is CNCCCC(=O)OCc1ccccc1C(=O)O. The van der Waals surface area contributed by atoms with Crippen LogP contribution in [0.3, 0.4) is 0 Å². The molecule has 5 heteroatoms. The largest absolute Gasteiger partial charge is 0.478 e. The van der Waals surface area contributed by atoms with Crippen LogP contribution in [0.15, 0.2) is 24.3 Å². The molecule has 0 aliphatic rings. The number of benzene rings is 1.